The molecule has 0 aliphatic heterocycles. The smallest absolute Gasteiger partial charge is 0.145 e. The fraction of sp³-hybridized carbons (Fsp3) is 0.250. The van der Waals surface area contributed by atoms with E-state index in [4.69, 9.17) is 10.5 Å². The van der Waals surface area contributed by atoms with E-state index < -0.39 is 0 Å². The SMILES string of the molecule is Cn1nccc1CCOc1cc(F)ccc1N. The second-order valence-corrected chi connectivity index (χ2v) is 3.73. The maximum atomic E-state index is 13.0. The van der Waals surface area contributed by atoms with Gasteiger partial charge in [0.05, 0.1) is 12.3 Å². The van der Waals surface area contributed by atoms with Gasteiger partial charge in [0.25, 0.3) is 0 Å². The first-order valence-electron chi connectivity index (χ1n) is 5.31. The molecule has 4 nitrogen and oxygen atoms in total. The summed E-state index contributed by atoms with van der Waals surface area (Å²) in [5, 5.41) is 4.05. The van der Waals surface area contributed by atoms with Crippen LogP contribution in [0.4, 0.5) is 10.1 Å². The summed E-state index contributed by atoms with van der Waals surface area (Å²) in [7, 11) is 1.87. The standard InChI is InChI=1S/C12H14FN3O/c1-16-10(4-6-15-16)5-7-17-12-8-9(13)2-3-11(12)14/h2-4,6,8H,5,7,14H2,1H3. The Hall–Kier alpha value is -2.04. The topological polar surface area (TPSA) is 53.1 Å². The molecule has 0 saturated carbocycles. The molecule has 1 heterocycles. The van der Waals surface area contributed by atoms with E-state index in [-0.39, 0.29) is 5.82 Å². The van der Waals surface area contributed by atoms with E-state index >= 15 is 0 Å². The summed E-state index contributed by atoms with van der Waals surface area (Å²) in [5.74, 6) is 0.0295. The minimum Gasteiger partial charge on any atom is -0.491 e. The van der Waals surface area contributed by atoms with Crippen LogP contribution in [-0.2, 0) is 13.5 Å². The van der Waals surface area contributed by atoms with Gasteiger partial charge in [-0.25, -0.2) is 4.39 Å². The molecule has 0 radical (unpaired) electrons. The zero-order valence-electron chi connectivity index (χ0n) is 9.56. The van der Waals surface area contributed by atoms with Crippen LogP contribution in [0.25, 0.3) is 0 Å². The lowest BCUT2D eigenvalue weighted by Crippen LogP contribution is -2.07. The number of hydrogen-bond donors (Lipinski definition) is 1. The quantitative estimate of drug-likeness (QED) is 0.821. The van der Waals surface area contributed by atoms with E-state index in [2.05, 4.69) is 5.10 Å². The Kier molecular flexibility index (Phi) is 3.27. The van der Waals surface area contributed by atoms with Crippen molar-refractivity contribution in [1.82, 2.24) is 9.78 Å². The predicted molar refractivity (Wildman–Crippen MR) is 63.2 cm³/mol. The fourth-order valence-electron chi connectivity index (χ4n) is 1.55. The summed E-state index contributed by atoms with van der Waals surface area (Å²) in [6.45, 7) is 0.438. The molecule has 5 heteroatoms. The van der Waals surface area contributed by atoms with Gasteiger partial charge in [0, 0.05) is 31.4 Å². The zero-order valence-corrected chi connectivity index (χ0v) is 9.56. The minimum atomic E-state index is -0.352. The van der Waals surface area contributed by atoms with Crippen LogP contribution in [0.1, 0.15) is 5.69 Å². The van der Waals surface area contributed by atoms with Gasteiger partial charge in [-0.1, -0.05) is 0 Å². The van der Waals surface area contributed by atoms with Gasteiger partial charge in [0.15, 0.2) is 0 Å². The van der Waals surface area contributed by atoms with Gasteiger partial charge >= 0.3 is 0 Å². The molecule has 0 aliphatic rings. The summed E-state index contributed by atoms with van der Waals surface area (Å²) in [5.41, 5.74) is 7.17. The number of benzene rings is 1. The van der Waals surface area contributed by atoms with Gasteiger partial charge < -0.3 is 10.5 Å². The molecule has 0 unspecified atom stereocenters. The Morgan fingerprint density at radius 2 is 2.24 bits per heavy atom. The van der Waals surface area contributed by atoms with Crippen LogP contribution >= 0.6 is 0 Å². The van der Waals surface area contributed by atoms with E-state index in [0.717, 1.165) is 5.69 Å². The van der Waals surface area contributed by atoms with Crippen molar-refractivity contribution in [2.75, 3.05) is 12.3 Å². The number of nitrogens with two attached hydrogens (primary N) is 1. The third-order valence-corrected chi connectivity index (χ3v) is 2.51. The molecule has 1 aromatic carbocycles. The summed E-state index contributed by atoms with van der Waals surface area (Å²) in [4.78, 5) is 0. The van der Waals surface area contributed by atoms with Crippen molar-refractivity contribution in [3.8, 4) is 5.75 Å². The van der Waals surface area contributed by atoms with Crippen LogP contribution in [0, 0.1) is 5.82 Å². The van der Waals surface area contributed by atoms with Crippen LogP contribution < -0.4 is 10.5 Å². The molecule has 0 atom stereocenters. The molecule has 0 bridgehead atoms. The number of aromatic nitrogens is 2. The molecular formula is C12H14FN3O. The number of nitrogen functional groups attached to an aromatic ring is 1. The highest BCUT2D eigenvalue weighted by Crippen LogP contribution is 2.22. The predicted octanol–water partition coefficient (Wildman–Crippen LogP) is 1.76. The summed E-state index contributed by atoms with van der Waals surface area (Å²) < 4.78 is 20.2. The van der Waals surface area contributed by atoms with Crippen LogP contribution in [0.2, 0.25) is 0 Å². The molecule has 90 valence electrons. The molecule has 1 aromatic heterocycles. The first-order valence-corrected chi connectivity index (χ1v) is 5.31. The van der Waals surface area contributed by atoms with E-state index in [0.29, 0.717) is 24.5 Å². The third kappa shape index (κ3) is 2.75. The van der Waals surface area contributed by atoms with Crippen LogP contribution in [0.5, 0.6) is 5.75 Å². The number of hydrogen-bond acceptors (Lipinski definition) is 3. The van der Waals surface area contributed by atoms with E-state index in [9.17, 15) is 4.39 Å². The first kappa shape index (κ1) is 11.4. The van der Waals surface area contributed by atoms with Crippen molar-refractivity contribution >= 4 is 5.69 Å². The highest BCUT2D eigenvalue weighted by molar-refractivity contribution is 5.52. The van der Waals surface area contributed by atoms with Crippen molar-refractivity contribution < 1.29 is 9.13 Å². The molecule has 0 fully saturated rings. The summed E-state index contributed by atoms with van der Waals surface area (Å²) in [6.07, 6.45) is 2.43. The van der Waals surface area contributed by atoms with E-state index in [1.54, 1.807) is 10.9 Å². The van der Waals surface area contributed by atoms with Gasteiger partial charge in [-0.05, 0) is 18.2 Å². The first-order chi connectivity index (χ1) is 8.16. The fourth-order valence-corrected chi connectivity index (χ4v) is 1.55. The molecule has 2 rings (SSSR count). The molecule has 2 aromatic rings. The molecule has 0 saturated heterocycles. The number of aryl methyl sites for hydroxylation is 1. The van der Waals surface area contributed by atoms with Crippen molar-refractivity contribution in [2.24, 2.45) is 7.05 Å². The van der Waals surface area contributed by atoms with E-state index in [1.807, 2.05) is 13.1 Å². The van der Waals surface area contributed by atoms with Crippen molar-refractivity contribution in [3.05, 3.63) is 42.0 Å². The number of nitrogens with zero attached hydrogens (tertiary/aromatic N) is 2. The van der Waals surface area contributed by atoms with Gasteiger partial charge in [-0.15, -0.1) is 0 Å². The largest absolute Gasteiger partial charge is 0.491 e. The van der Waals surface area contributed by atoms with Gasteiger partial charge in [0.2, 0.25) is 0 Å². The second-order valence-electron chi connectivity index (χ2n) is 3.73. The molecule has 17 heavy (non-hydrogen) atoms. The van der Waals surface area contributed by atoms with Gasteiger partial charge in [-0.2, -0.15) is 5.10 Å². The van der Waals surface area contributed by atoms with Crippen molar-refractivity contribution in [2.45, 2.75) is 6.42 Å². The van der Waals surface area contributed by atoms with Gasteiger partial charge in [-0.3, -0.25) is 4.68 Å². The molecular weight excluding hydrogens is 221 g/mol. The maximum absolute atomic E-state index is 13.0. The second kappa shape index (κ2) is 4.86. The van der Waals surface area contributed by atoms with E-state index in [1.165, 1.54) is 18.2 Å². The number of halogens is 1. The molecule has 2 N–H and O–H groups in total. The average molecular weight is 235 g/mol. The number of anilines is 1. The Morgan fingerprint density at radius 3 is 2.94 bits per heavy atom. The Labute approximate surface area is 98.8 Å². The lowest BCUT2D eigenvalue weighted by molar-refractivity contribution is 0.318. The Balaban J connectivity index is 1.94. The normalized spacial score (nSPS) is 10.5. The monoisotopic (exact) mass is 235 g/mol. The lowest BCUT2D eigenvalue weighted by atomic mass is 10.3. The maximum Gasteiger partial charge on any atom is 0.145 e. The molecule has 0 aliphatic carbocycles. The number of ether oxygens (including phenoxy) is 1. The Morgan fingerprint density at radius 1 is 1.41 bits per heavy atom. The summed E-state index contributed by atoms with van der Waals surface area (Å²) >= 11 is 0. The Bertz CT molecular complexity index is 510. The van der Waals surface area contributed by atoms with Gasteiger partial charge in [0.1, 0.15) is 11.6 Å². The summed E-state index contributed by atoms with van der Waals surface area (Å²) in [6, 6.07) is 6.01. The lowest BCUT2D eigenvalue weighted by Gasteiger charge is -2.08. The minimum absolute atomic E-state index is 0.352. The van der Waals surface area contributed by atoms with Crippen LogP contribution in [-0.4, -0.2) is 16.4 Å². The average Bonchev–Trinajstić information content (AvgIpc) is 2.70. The molecule has 0 amide bonds. The third-order valence-electron chi connectivity index (χ3n) is 2.51. The van der Waals surface area contributed by atoms with Crippen LogP contribution in [0.3, 0.4) is 0 Å². The zero-order chi connectivity index (χ0) is 12.3. The highest BCUT2D eigenvalue weighted by atomic mass is 19.1. The highest BCUT2D eigenvalue weighted by Gasteiger charge is 2.03. The molecule has 0 spiro atoms. The van der Waals surface area contributed by atoms with Crippen LogP contribution in [0.15, 0.2) is 30.5 Å². The van der Waals surface area contributed by atoms with Crippen molar-refractivity contribution in [1.29, 1.82) is 0 Å². The number of rotatable bonds is 4. The van der Waals surface area contributed by atoms with Crippen molar-refractivity contribution in [3.63, 3.8) is 0 Å².